The molecule has 0 atom stereocenters. The molecule has 0 radical (unpaired) electrons. The van der Waals surface area contributed by atoms with Crippen LogP contribution in [0.1, 0.15) is 0 Å². The van der Waals surface area contributed by atoms with E-state index in [2.05, 4.69) is 29.8 Å². The number of thiazole rings is 1. The quantitative estimate of drug-likeness (QED) is 0.128. The Bertz CT molecular complexity index is 1880. The molecule has 0 aliphatic heterocycles. The van der Waals surface area contributed by atoms with Crippen LogP contribution in [0.4, 0.5) is 16.5 Å². The van der Waals surface area contributed by atoms with Gasteiger partial charge in [-0.1, -0.05) is 5.16 Å². The summed E-state index contributed by atoms with van der Waals surface area (Å²) in [5, 5.41) is 21.3. The minimum absolute atomic E-state index is 0.0192. The minimum Gasteiger partial charge on any atom is -0.493 e. The molecule has 0 saturated heterocycles. The molecule has 0 bridgehead atoms. The van der Waals surface area contributed by atoms with Crippen molar-refractivity contribution in [1.82, 2.24) is 24.5 Å². The fourth-order valence-corrected chi connectivity index (χ4v) is 5.47. The first-order valence-corrected chi connectivity index (χ1v) is 14.2. The molecule has 1 N–H and O–H groups in total. The van der Waals surface area contributed by atoms with Crippen LogP contribution >= 0.6 is 22.9 Å². The number of non-ortho nitro benzene ring substituents is 1. The Morgan fingerprint density at radius 3 is 2.19 bits per heavy atom. The first-order valence-electron chi connectivity index (χ1n) is 12.5. The molecule has 0 spiro atoms. The molecule has 0 aliphatic rings. The first kappa shape index (κ1) is 27.7. The van der Waals surface area contributed by atoms with Crippen LogP contribution in [0.15, 0.2) is 70.6 Å². The molecule has 3 aromatic heterocycles. The average Bonchev–Trinajstić information content (AvgIpc) is 3.82. The van der Waals surface area contributed by atoms with Gasteiger partial charge in [0, 0.05) is 51.4 Å². The van der Waals surface area contributed by atoms with Gasteiger partial charge in [0.05, 0.1) is 31.9 Å². The summed E-state index contributed by atoms with van der Waals surface area (Å²) in [5.74, 6) is 2.73. The highest BCUT2D eigenvalue weighted by atomic mass is 32.1. The van der Waals surface area contributed by atoms with Crippen molar-refractivity contribution in [3.05, 3.63) is 76.2 Å². The number of nitrogens with zero attached hydrogens (tertiary/aromatic N) is 6. The molecule has 3 heterocycles. The van der Waals surface area contributed by atoms with E-state index in [0.717, 1.165) is 22.4 Å². The Balaban J connectivity index is 1.14. The molecular weight excluding hydrogens is 594 g/mol. The van der Waals surface area contributed by atoms with Crippen molar-refractivity contribution in [2.75, 3.05) is 26.6 Å². The lowest BCUT2D eigenvalue weighted by Gasteiger charge is -2.12. The number of hydrogen-bond acceptors (Lipinski definition) is 14. The molecule has 13 nitrogen and oxygen atoms in total. The molecule has 0 saturated carbocycles. The van der Waals surface area contributed by atoms with Gasteiger partial charge in [-0.15, -0.1) is 11.3 Å². The Morgan fingerprint density at radius 2 is 1.53 bits per heavy atom. The first-order chi connectivity index (χ1) is 20.9. The van der Waals surface area contributed by atoms with Gasteiger partial charge in [-0.05, 0) is 48.5 Å². The third-order valence-corrected chi connectivity index (χ3v) is 7.69. The van der Waals surface area contributed by atoms with Crippen LogP contribution in [-0.4, -0.2) is 50.7 Å². The Labute approximate surface area is 252 Å². The van der Waals surface area contributed by atoms with Crippen LogP contribution in [0.3, 0.4) is 0 Å². The summed E-state index contributed by atoms with van der Waals surface area (Å²) in [6, 6.07) is 17.3. The average molecular weight is 616 g/mol. The second-order valence-electron chi connectivity index (χ2n) is 8.80. The smallest absolute Gasteiger partial charge is 0.287 e. The fraction of sp³-hybridized carbons (Fsp3) is 0.107. The maximum absolute atomic E-state index is 10.9. The molecule has 0 amide bonds. The molecule has 6 aromatic rings. The molecule has 0 fully saturated rings. The zero-order valence-electron chi connectivity index (χ0n) is 22.8. The minimum atomic E-state index is -0.440. The number of methoxy groups -OCH3 is 3. The van der Waals surface area contributed by atoms with Crippen LogP contribution in [-0.2, 0) is 0 Å². The van der Waals surface area contributed by atoms with Crippen LogP contribution in [0.5, 0.6) is 17.2 Å². The number of nitro benzene ring substituents is 1. The zero-order valence-corrected chi connectivity index (χ0v) is 24.4. The van der Waals surface area contributed by atoms with Crippen LogP contribution in [0, 0.1) is 10.1 Å². The molecule has 0 aliphatic carbocycles. The molecule has 43 heavy (non-hydrogen) atoms. The summed E-state index contributed by atoms with van der Waals surface area (Å²) in [7, 11) is 4.66. The second-order valence-corrected chi connectivity index (χ2v) is 10.4. The largest absolute Gasteiger partial charge is 0.493 e. The summed E-state index contributed by atoms with van der Waals surface area (Å²) in [6.45, 7) is 0. The molecule has 0 unspecified atom stereocenters. The maximum Gasteiger partial charge on any atom is 0.287 e. The normalized spacial score (nSPS) is 10.9. The highest BCUT2D eigenvalue weighted by molar-refractivity contribution is 7.13. The van der Waals surface area contributed by atoms with Gasteiger partial charge >= 0.3 is 0 Å². The Hall–Kier alpha value is -5.41. The third kappa shape index (κ3) is 5.71. The number of anilines is 2. The predicted molar refractivity (Wildman–Crippen MR) is 161 cm³/mol. The lowest BCUT2D eigenvalue weighted by atomic mass is 10.1. The fourth-order valence-electron chi connectivity index (χ4n) is 4.11. The van der Waals surface area contributed by atoms with E-state index in [9.17, 15) is 10.1 Å². The van der Waals surface area contributed by atoms with Crippen molar-refractivity contribution in [1.29, 1.82) is 0 Å². The van der Waals surface area contributed by atoms with Crippen molar-refractivity contribution in [2.24, 2.45) is 0 Å². The summed E-state index contributed by atoms with van der Waals surface area (Å²) in [4.78, 5) is 24.1. The maximum atomic E-state index is 10.9. The van der Waals surface area contributed by atoms with E-state index >= 15 is 0 Å². The van der Waals surface area contributed by atoms with Gasteiger partial charge in [-0.2, -0.15) is 14.3 Å². The predicted octanol–water partition coefficient (Wildman–Crippen LogP) is 6.72. The lowest BCUT2D eigenvalue weighted by Crippen LogP contribution is -1.96. The van der Waals surface area contributed by atoms with Gasteiger partial charge in [0.1, 0.15) is 0 Å². The number of nitro groups is 1. The number of ether oxygens (including phenoxy) is 3. The van der Waals surface area contributed by atoms with E-state index in [0.29, 0.717) is 44.7 Å². The van der Waals surface area contributed by atoms with Crippen molar-refractivity contribution in [2.45, 2.75) is 0 Å². The van der Waals surface area contributed by atoms with Gasteiger partial charge < -0.3 is 24.1 Å². The lowest BCUT2D eigenvalue weighted by molar-refractivity contribution is -0.384. The van der Waals surface area contributed by atoms with Gasteiger partial charge in [0.2, 0.25) is 16.7 Å². The van der Waals surface area contributed by atoms with E-state index in [4.69, 9.17) is 18.7 Å². The molecule has 6 rings (SSSR count). The Kier molecular flexibility index (Phi) is 7.63. The summed E-state index contributed by atoms with van der Waals surface area (Å²) in [6.07, 6.45) is 0. The van der Waals surface area contributed by atoms with E-state index in [1.807, 2.05) is 29.6 Å². The van der Waals surface area contributed by atoms with Gasteiger partial charge in [-0.25, -0.2) is 4.98 Å². The van der Waals surface area contributed by atoms with E-state index in [1.54, 1.807) is 45.6 Å². The van der Waals surface area contributed by atoms with Gasteiger partial charge in [-0.3, -0.25) is 10.1 Å². The van der Waals surface area contributed by atoms with Crippen molar-refractivity contribution in [3.63, 3.8) is 0 Å². The Morgan fingerprint density at radius 1 is 0.837 bits per heavy atom. The van der Waals surface area contributed by atoms with Crippen LogP contribution in [0.2, 0.25) is 0 Å². The van der Waals surface area contributed by atoms with Crippen molar-refractivity contribution >= 4 is 39.4 Å². The number of hydrogen-bond donors (Lipinski definition) is 1. The summed E-state index contributed by atoms with van der Waals surface area (Å²) < 4.78 is 26.2. The van der Waals surface area contributed by atoms with E-state index in [1.165, 1.54) is 35.0 Å². The highest BCUT2D eigenvalue weighted by Crippen LogP contribution is 2.41. The van der Waals surface area contributed by atoms with Gasteiger partial charge in [0.25, 0.3) is 11.6 Å². The number of aromatic nitrogens is 5. The monoisotopic (exact) mass is 615 g/mol. The second kappa shape index (κ2) is 11.8. The van der Waals surface area contributed by atoms with E-state index in [-0.39, 0.29) is 11.6 Å². The number of nitrogens with one attached hydrogen (secondary N) is 1. The van der Waals surface area contributed by atoms with Crippen LogP contribution in [0.25, 0.3) is 44.9 Å². The summed E-state index contributed by atoms with van der Waals surface area (Å²) in [5.41, 5.74) is 3.71. The van der Waals surface area contributed by atoms with Gasteiger partial charge in [0.15, 0.2) is 22.3 Å². The standard InChI is InChI=1S/C28H21N7O6S2/c1-38-21-12-17(13-22(39-2)23(21)40-3)25-32-28(43-34-25)29-18-8-4-16(5-9-18)24-31-26(41-33-24)27-30-20(14-42-27)15-6-10-19(11-7-15)35(36)37/h4-14H,1-3H3,(H,29,32,34). The zero-order chi connectivity index (χ0) is 29.9. The molecule has 3 aromatic carbocycles. The van der Waals surface area contributed by atoms with Crippen LogP contribution < -0.4 is 19.5 Å². The molecule has 216 valence electrons. The number of benzene rings is 3. The highest BCUT2D eigenvalue weighted by Gasteiger charge is 2.18. The molecular formula is C28H21N7O6S2. The topological polar surface area (TPSA) is 160 Å². The number of rotatable bonds is 10. The summed E-state index contributed by atoms with van der Waals surface area (Å²) >= 11 is 2.56. The SMILES string of the molecule is COc1cc(-c2nsc(Nc3ccc(-c4noc(-c5nc(-c6ccc([N+](=O)[O-])cc6)cs5)n4)cc3)n2)cc(OC)c1OC. The van der Waals surface area contributed by atoms with Crippen molar-refractivity contribution < 1.29 is 23.7 Å². The van der Waals surface area contributed by atoms with Crippen molar-refractivity contribution in [3.8, 4) is 62.2 Å². The van der Waals surface area contributed by atoms with E-state index < -0.39 is 4.92 Å². The molecule has 15 heteroatoms. The third-order valence-electron chi connectivity index (χ3n) is 6.23.